The number of piperidine rings is 1. The second-order valence-electron chi connectivity index (χ2n) is 7.34. The van der Waals surface area contributed by atoms with Crippen molar-refractivity contribution in [1.82, 2.24) is 4.90 Å². The molecule has 1 aliphatic heterocycles. The molecule has 1 fully saturated rings. The number of rotatable bonds is 2. The first-order chi connectivity index (χ1) is 10.4. The van der Waals surface area contributed by atoms with Gasteiger partial charge in [-0.1, -0.05) is 26.8 Å². The molecule has 118 valence electrons. The minimum absolute atomic E-state index is 0.0968. The van der Waals surface area contributed by atoms with Crippen molar-refractivity contribution in [1.29, 1.82) is 0 Å². The number of carbonyl (C=O) groups excluding carboxylic acids is 1. The Morgan fingerprint density at radius 3 is 2.59 bits per heavy atom. The summed E-state index contributed by atoms with van der Waals surface area (Å²) in [5.41, 5.74) is 3.25. The van der Waals surface area contributed by atoms with Gasteiger partial charge in [0.15, 0.2) is 0 Å². The van der Waals surface area contributed by atoms with Gasteiger partial charge < -0.3 is 9.32 Å². The van der Waals surface area contributed by atoms with Crippen molar-refractivity contribution in [3.8, 4) is 0 Å². The molecule has 1 aromatic carbocycles. The summed E-state index contributed by atoms with van der Waals surface area (Å²) in [5.74, 6) is 0.226. The third-order valence-corrected chi connectivity index (χ3v) is 4.57. The summed E-state index contributed by atoms with van der Waals surface area (Å²) in [7, 11) is 0. The molecule has 3 rings (SSSR count). The first-order valence-electron chi connectivity index (χ1n) is 8.23. The van der Waals surface area contributed by atoms with E-state index in [0.717, 1.165) is 42.5 Å². The molecule has 0 unspecified atom stereocenters. The van der Waals surface area contributed by atoms with Crippen LogP contribution in [0.15, 0.2) is 28.9 Å². The minimum atomic E-state index is 0.0968. The maximum Gasteiger partial charge on any atom is 0.227 e. The molecule has 1 saturated heterocycles. The number of benzene rings is 1. The van der Waals surface area contributed by atoms with Crippen LogP contribution in [-0.4, -0.2) is 23.9 Å². The second-order valence-corrected chi connectivity index (χ2v) is 7.34. The predicted octanol–water partition coefficient (Wildman–Crippen LogP) is 4.29. The maximum absolute atomic E-state index is 12.5. The van der Waals surface area contributed by atoms with E-state index >= 15 is 0 Å². The molecule has 2 heterocycles. The van der Waals surface area contributed by atoms with Gasteiger partial charge in [0, 0.05) is 24.0 Å². The summed E-state index contributed by atoms with van der Waals surface area (Å²) in [6.07, 6.45) is 5.70. The smallest absolute Gasteiger partial charge is 0.227 e. The van der Waals surface area contributed by atoms with Gasteiger partial charge in [-0.15, -0.1) is 0 Å². The fraction of sp³-hybridized carbons (Fsp3) is 0.526. The van der Waals surface area contributed by atoms with Crippen molar-refractivity contribution in [2.75, 3.05) is 13.1 Å². The zero-order valence-electron chi connectivity index (χ0n) is 13.8. The van der Waals surface area contributed by atoms with Gasteiger partial charge >= 0.3 is 0 Å². The van der Waals surface area contributed by atoms with Gasteiger partial charge in [-0.2, -0.15) is 0 Å². The molecule has 0 radical (unpaired) electrons. The van der Waals surface area contributed by atoms with E-state index in [1.54, 1.807) is 6.26 Å². The summed E-state index contributed by atoms with van der Waals surface area (Å²) in [5, 5.41) is 1.08. The molecule has 22 heavy (non-hydrogen) atoms. The van der Waals surface area contributed by atoms with Gasteiger partial charge in [0.25, 0.3) is 0 Å². The molecule has 0 spiro atoms. The summed E-state index contributed by atoms with van der Waals surface area (Å²) < 4.78 is 5.63. The lowest BCUT2D eigenvalue weighted by molar-refractivity contribution is -0.131. The maximum atomic E-state index is 12.5. The van der Waals surface area contributed by atoms with Crippen molar-refractivity contribution >= 4 is 16.9 Å². The van der Waals surface area contributed by atoms with Crippen molar-refractivity contribution in [2.24, 2.45) is 0 Å². The Balaban J connectivity index is 1.85. The fourth-order valence-corrected chi connectivity index (χ4v) is 3.10. The number of amides is 1. The number of furan rings is 1. The molecule has 3 heteroatoms. The molecular formula is C19H25NO2. The topological polar surface area (TPSA) is 33.5 Å². The van der Waals surface area contributed by atoms with Crippen molar-refractivity contribution in [3.05, 3.63) is 35.6 Å². The lowest BCUT2D eigenvalue weighted by Gasteiger charge is -2.26. The standard InChI is InChI=1S/C19H25NO2/c1-19(2,3)15-7-8-17-16(12-15)14(13-22-17)11-18(21)20-9-5-4-6-10-20/h7-8,12-13H,4-6,9-11H2,1-3H3. The highest BCUT2D eigenvalue weighted by atomic mass is 16.3. The van der Waals surface area contributed by atoms with Crippen LogP contribution in [0.25, 0.3) is 11.0 Å². The Morgan fingerprint density at radius 2 is 1.91 bits per heavy atom. The first-order valence-corrected chi connectivity index (χ1v) is 8.23. The highest BCUT2D eigenvalue weighted by Gasteiger charge is 2.20. The monoisotopic (exact) mass is 299 g/mol. The highest BCUT2D eigenvalue weighted by molar-refractivity contribution is 5.88. The predicted molar refractivity (Wildman–Crippen MR) is 89.0 cm³/mol. The largest absolute Gasteiger partial charge is 0.464 e. The van der Waals surface area contributed by atoms with Crippen LogP contribution in [0.5, 0.6) is 0 Å². The Kier molecular flexibility index (Phi) is 3.98. The molecule has 1 aromatic heterocycles. The number of hydrogen-bond acceptors (Lipinski definition) is 2. The summed E-state index contributed by atoms with van der Waals surface area (Å²) in [6, 6.07) is 6.31. The molecule has 3 nitrogen and oxygen atoms in total. The zero-order valence-corrected chi connectivity index (χ0v) is 13.8. The van der Waals surface area contributed by atoms with E-state index in [1.807, 2.05) is 11.0 Å². The van der Waals surface area contributed by atoms with Crippen molar-refractivity contribution in [2.45, 2.75) is 51.9 Å². The van der Waals surface area contributed by atoms with E-state index in [1.165, 1.54) is 12.0 Å². The highest BCUT2D eigenvalue weighted by Crippen LogP contribution is 2.29. The van der Waals surface area contributed by atoms with Crippen LogP contribution in [0.2, 0.25) is 0 Å². The Labute approximate surface area is 132 Å². The van der Waals surface area contributed by atoms with E-state index < -0.39 is 0 Å². The molecular weight excluding hydrogens is 274 g/mol. The zero-order chi connectivity index (χ0) is 15.7. The van der Waals surface area contributed by atoms with Crippen LogP contribution >= 0.6 is 0 Å². The van der Waals surface area contributed by atoms with Gasteiger partial charge in [0.1, 0.15) is 5.58 Å². The normalized spacial score (nSPS) is 16.2. The molecule has 0 N–H and O–H groups in total. The van der Waals surface area contributed by atoms with E-state index in [0.29, 0.717) is 6.42 Å². The fourth-order valence-electron chi connectivity index (χ4n) is 3.10. The third-order valence-electron chi connectivity index (χ3n) is 4.57. The van der Waals surface area contributed by atoms with Crippen LogP contribution in [-0.2, 0) is 16.6 Å². The molecule has 0 saturated carbocycles. The Morgan fingerprint density at radius 1 is 1.18 bits per heavy atom. The van der Waals surface area contributed by atoms with Crippen LogP contribution in [0, 0.1) is 0 Å². The first kappa shape index (κ1) is 15.1. The van der Waals surface area contributed by atoms with Gasteiger partial charge in [0.2, 0.25) is 5.91 Å². The number of carbonyl (C=O) groups is 1. The van der Waals surface area contributed by atoms with E-state index in [9.17, 15) is 4.79 Å². The van der Waals surface area contributed by atoms with Crippen LogP contribution < -0.4 is 0 Å². The lowest BCUT2D eigenvalue weighted by Crippen LogP contribution is -2.36. The van der Waals surface area contributed by atoms with Gasteiger partial charge in [-0.3, -0.25) is 4.79 Å². The van der Waals surface area contributed by atoms with Crippen LogP contribution in [0.3, 0.4) is 0 Å². The number of likely N-dealkylation sites (tertiary alicyclic amines) is 1. The van der Waals surface area contributed by atoms with Gasteiger partial charge in [-0.05, 0) is 42.4 Å². The number of hydrogen-bond donors (Lipinski definition) is 0. The summed E-state index contributed by atoms with van der Waals surface area (Å²) in [4.78, 5) is 14.5. The molecule has 1 aliphatic rings. The molecule has 2 aromatic rings. The summed E-state index contributed by atoms with van der Waals surface area (Å²) >= 11 is 0. The Bertz CT molecular complexity index is 672. The molecule has 0 atom stereocenters. The average Bonchev–Trinajstić information content (AvgIpc) is 2.89. The van der Waals surface area contributed by atoms with E-state index in [4.69, 9.17) is 4.42 Å². The minimum Gasteiger partial charge on any atom is -0.464 e. The quantitative estimate of drug-likeness (QED) is 0.829. The van der Waals surface area contributed by atoms with Crippen LogP contribution in [0.1, 0.15) is 51.2 Å². The van der Waals surface area contributed by atoms with Crippen LogP contribution in [0.4, 0.5) is 0 Å². The molecule has 0 bridgehead atoms. The average molecular weight is 299 g/mol. The van der Waals surface area contributed by atoms with E-state index in [-0.39, 0.29) is 11.3 Å². The van der Waals surface area contributed by atoms with Crippen molar-refractivity contribution in [3.63, 3.8) is 0 Å². The Hall–Kier alpha value is -1.77. The second kappa shape index (κ2) is 5.79. The number of fused-ring (bicyclic) bond motifs is 1. The molecule has 1 amide bonds. The van der Waals surface area contributed by atoms with Gasteiger partial charge in [0.05, 0.1) is 12.7 Å². The third kappa shape index (κ3) is 3.03. The van der Waals surface area contributed by atoms with Crippen molar-refractivity contribution < 1.29 is 9.21 Å². The van der Waals surface area contributed by atoms with Gasteiger partial charge in [-0.25, -0.2) is 0 Å². The lowest BCUT2D eigenvalue weighted by atomic mass is 9.86. The molecule has 0 aliphatic carbocycles. The number of nitrogens with zero attached hydrogens (tertiary/aromatic N) is 1. The summed E-state index contributed by atoms with van der Waals surface area (Å²) in [6.45, 7) is 8.41. The van der Waals surface area contributed by atoms with E-state index in [2.05, 4.69) is 32.9 Å². The SMILES string of the molecule is CC(C)(C)c1ccc2occ(CC(=O)N3CCCCC3)c2c1.